The fourth-order valence-corrected chi connectivity index (χ4v) is 2.06. The Labute approximate surface area is 123 Å². The molecular weight excluding hydrogens is 248 g/mol. The molecule has 1 rings (SSSR count). The molecule has 0 aliphatic carbocycles. The van der Waals surface area contributed by atoms with E-state index in [2.05, 4.69) is 37.4 Å². The van der Waals surface area contributed by atoms with Gasteiger partial charge in [-0.2, -0.15) is 5.26 Å². The van der Waals surface area contributed by atoms with E-state index in [0.717, 1.165) is 25.1 Å². The molecule has 110 valence electrons. The molecule has 0 fully saturated rings. The highest BCUT2D eigenvalue weighted by atomic mass is 16.5. The first-order chi connectivity index (χ1) is 9.48. The SMILES string of the molecule is CCNC(C)c1cccc(OCCCC(C)(C)C#N)c1. The van der Waals surface area contributed by atoms with Gasteiger partial charge in [-0.25, -0.2) is 0 Å². The summed E-state index contributed by atoms with van der Waals surface area (Å²) in [4.78, 5) is 0. The first kappa shape index (κ1) is 16.5. The van der Waals surface area contributed by atoms with E-state index in [0.29, 0.717) is 12.6 Å². The molecule has 3 nitrogen and oxygen atoms in total. The Bertz CT molecular complexity index is 449. The van der Waals surface area contributed by atoms with Crippen molar-refractivity contribution >= 4 is 0 Å². The first-order valence-electron chi connectivity index (χ1n) is 7.36. The van der Waals surface area contributed by atoms with Crippen molar-refractivity contribution in [3.8, 4) is 11.8 Å². The Morgan fingerprint density at radius 2 is 2.15 bits per heavy atom. The molecule has 0 saturated heterocycles. The van der Waals surface area contributed by atoms with Gasteiger partial charge in [-0.1, -0.05) is 19.1 Å². The Kier molecular flexibility index (Phi) is 6.54. The van der Waals surface area contributed by atoms with Crippen LogP contribution in [0.5, 0.6) is 5.75 Å². The minimum absolute atomic E-state index is 0.259. The lowest BCUT2D eigenvalue weighted by Crippen LogP contribution is -2.17. The molecule has 1 atom stereocenters. The van der Waals surface area contributed by atoms with Crippen LogP contribution in [0.4, 0.5) is 0 Å². The lowest BCUT2D eigenvalue weighted by molar-refractivity contribution is 0.284. The molecule has 1 aromatic carbocycles. The molecular formula is C17H26N2O. The molecule has 3 heteroatoms. The van der Waals surface area contributed by atoms with E-state index in [1.807, 2.05) is 26.0 Å². The van der Waals surface area contributed by atoms with Gasteiger partial charge in [0.1, 0.15) is 5.75 Å². The van der Waals surface area contributed by atoms with Crippen molar-refractivity contribution in [2.75, 3.05) is 13.2 Å². The molecule has 1 unspecified atom stereocenters. The van der Waals surface area contributed by atoms with Crippen LogP contribution in [-0.2, 0) is 0 Å². The third-order valence-corrected chi connectivity index (χ3v) is 3.39. The fraction of sp³-hybridized carbons (Fsp3) is 0.588. The quantitative estimate of drug-likeness (QED) is 0.727. The van der Waals surface area contributed by atoms with E-state index in [1.165, 1.54) is 5.56 Å². The predicted molar refractivity (Wildman–Crippen MR) is 82.7 cm³/mol. The van der Waals surface area contributed by atoms with Crippen LogP contribution in [0.1, 0.15) is 52.1 Å². The molecule has 0 aliphatic heterocycles. The number of nitrogens with zero attached hydrogens (tertiary/aromatic N) is 1. The van der Waals surface area contributed by atoms with Crippen molar-refractivity contribution in [1.82, 2.24) is 5.32 Å². The van der Waals surface area contributed by atoms with Gasteiger partial charge in [0.25, 0.3) is 0 Å². The lowest BCUT2D eigenvalue weighted by atomic mass is 9.90. The zero-order valence-electron chi connectivity index (χ0n) is 13.1. The highest BCUT2D eigenvalue weighted by molar-refractivity contribution is 5.30. The van der Waals surface area contributed by atoms with E-state index >= 15 is 0 Å². The standard InChI is InChI=1S/C17H26N2O/c1-5-19-14(2)15-8-6-9-16(12-15)20-11-7-10-17(3,4)13-18/h6,8-9,12,14,19H,5,7,10-11H2,1-4H3. The van der Waals surface area contributed by atoms with Crippen LogP contribution in [-0.4, -0.2) is 13.2 Å². The summed E-state index contributed by atoms with van der Waals surface area (Å²) >= 11 is 0. The van der Waals surface area contributed by atoms with Crippen molar-refractivity contribution in [1.29, 1.82) is 5.26 Å². The molecule has 0 radical (unpaired) electrons. The second-order valence-corrected chi connectivity index (χ2v) is 5.80. The highest BCUT2D eigenvalue weighted by Crippen LogP contribution is 2.22. The fourth-order valence-electron chi connectivity index (χ4n) is 2.06. The van der Waals surface area contributed by atoms with Gasteiger partial charge in [0, 0.05) is 6.04 Å². The van der Waals surface area contributed by atoms with Crippen LogP contribution < -0.4 is 10.1 Å². The smallest absolute Gasteiger partial charge is 0.119 e. The Morgan fingerprint density at radius 1 is 1.40 bits per heavy atom. The van der Waals surface area contributed by atoms with Gasteiger partial charge in [0.2, 0.25) is 0 Å². The number of ether oxygens (including phenoxy) is 1. The van der Waals surface area contributed by atoms with Crippen LogP contribution in [0, 0.1) is 16.7 Å². The maximum atomic E-state index is 8.96. The molecule has 0 aromatic heterocycles. The molecule has 0 bridgehead atoms. The van der Waals surface area contributed by atoms with Crippen molar-refractivity contribution in [2.45, 2.75) is 46.6 Å². The molecule has 0 aliphatic rings. The monoisotopic (exact) mass is 274 g/mol. The largest absolute Gasteiger partial charge is 0.494 e. The maximum Gasteiger partial charge on any atom is 0.119 e. The summed E-state index contributed by atoms with van der Waals surface area (Å²) in [6, 6.07) is 10.9. The minimum Gasteiger partial charge on any atom is -0.494 e. The number of benzene rings is 1. The van der Waals surface area contributed by atoms with Crippen LogP contribution >= 0.6 is 0 Å². The van der Waals surface area contributed by atoms with Crippen molar-refractivity contribution in [2.24, 2.45) is 5.41 Å². The number of hydrogen-bond donors (Lipinski definition) is 1. The Morgan fingerprint density at radius 3 is 2.80 bits per heavy atom. The van der Waals surface area contributed by atoms with Gasteiger partial charge < -0.3 is 10.1 Å². The molecule has 0 heterocycles. The Hall–Kier alpha value is -1.53. The number of rotatable bonds is 8. The van der Waals surface area contributed by atoms with E-state index in [-0.39, 0.29) is 5.41 Å². The Balaban J connectivity index is 2.45. The molecule has 0 spiro atoms. The highest BCUT2D eigenvalue weighted by Gasteiger charge is 2.15. The molecule has 0 saturated carbocycles. The number of nitrogens with one attached hydrogen (secondary N) is 1. The first-order valence-corrected chi connectivity index (χ1v) is 7.36. The van der Waals surface area contributed by atoms with Crippen molar-refractivity contribution in [3.05, 3.63) is 29.8 Å². The normalized spacial score (nSPS) is 12.8. The zero-order chi connectivity index (χ0) is 15.0. The molecule has 20 heavy (non-hydrogen) atoms. The van der Waals surface area contributed by atoms with E-state index < -0.39 is 0 Å². The van der Waals surface area contributed by atoms with E-state index in [4.69, 9.17) is 10.00 Å². The summed E-state index contributed by atoms with van der Waals surface area (Å²) in [6.45, 7) is 9.79. The summed E-state index contributed by atoms with van der Waals surface area (Å²) < 4.78 is 5.78. The summed E-state index contributed by atoms with van der Waals surface area (Å²) in [5, 5.41) is 12.4. The van der Waals surface area contributed by atoms with E-state index in [1.54, 1.807) is 0 Å². The van der Waals surface area contributed by atoms with E-state index in [9.17, 15) is 0 Å². The second kappa shape index (κ2) is 7.91. The van der Waals surface area contributed by atoms with Gasteiger partial charge >= 0.3 is 0 Å². The van der Waals surface area contributed by atoms with Crippen LogP contribution in [0.3, 0.4) is 0 Å². The maximum absolute atomic E-state index is 8.96. The van der Waals surface area contributed by atoms with Crippen LogP contribution in [0.25, 0.3) is 0 Å². The van der Waals surface area contributed by atoms with Gasteiger partial charge in [-0.05, 0) is 57.9 Å². The molecule has 1 N–H and O–H groups in total. The van der Waals surface area contributed by atoms with Crippen LogP contribution in [0.15, 0.2) is 24.3 Å². The second-order valence-electron chi connectivity index (χ2n) is 5.80. The summed E-state index contributed by atoms with van der Waals surface area (Å²) in [7, 11) is 0. The molecule has 1 aromatic rings. The third-order valence-electron chi connectivity index (χ3n) is 3.39. The van der Waals surface area contributed by atoms with Gasteiger partial charge in [0.15, 0.2) is 0 Å². The minimum atomic E-state index is -0.259. The zero-order valence-corrected chi connectivity index (χ0v) is 13.1. The summed E-state index contributed by atoms with van der Waals surface area (Å²) in [5.41, 5.74) is 0.979. The van der Waals surface area contributed by atoms with Crippen molar-refractivity contribution in [3.63, 3.8) is 0 Å². The summed E-state index contributed by atoms with van der Waals surface area (Å²) in [5.74, 6) is 0.905. The summed E-state index contributed by atoms with van der Waals surface area (Å²) in [6.07, 6.45) is 1.75. The van der Waals surface area contributed by atoms with Gasteiger partial charge in [-0.3, -0.25) is 0 Å². The van der Waals surface area contributed by atoms with Crippen LogP contribution in [0.2, 0.25) is 0 Å². The average Bonchev–Trinajstić information content (AvgIpc) is 2.44. The predicted octanol–water partition coefficient (Wildman–Crippen LogP) is 4.07. The van der Waals surface area contributed by atoms with Gasteiger partial charge in [0.05, 0.1) is 18.1 Å². The molecule has 0 amide bonds. The van der Waals surface area contributed by atoms with Crippen molar-refractivity contribution < 1.29 is 4.74 Å². The third kappa shape index (κ3) is 5.63. The number of nitriles is 1. The number of hydrogen-bond acceptors (Lipinski definition) is 3. The average molecular weight is 274 g/mol. The lowest BCUT2D eigenvalue weighted by Gasteiger charge is -2.16. The topological polar surface area (TPSA) is 45.0 Å². The van der Waals surface area contributed by atoms with Gasteiger partial charge in [-0.15, -0.1) is 0 Å².